The third kappa shape index (κ3) is 2.24. The second-order valence-corrected chi connectivity index (χ2v) is 5.86. The lowest BCUT2D eigenvalue weighted by Gasteiger charge is -2.35. The fraction of sp³-hybridized carbons (Fsp3) is 0.412. The van der Waals surface area contributed by atoms with Crippen LogP contribution in [0.5, 0.6) is 0 Å². The minimum Gasteiger partial charge on any atom is -0.481 e. The van der Waals surface area contributed by atoms with Crippen molar-refractivity contribution in [3.05, 3.63) is 42.2 Å². The van der Waals surface area contributed by atoms with Crippen molar-refractivity contribution in [3.63, 3.8) is 0 Å². The first-order valence-electron chi connectivity index (χ1n) is 7.46. The minimum atomic E-state index is -0.763. The predicted molar refractivity (Wildman–Crippen MR) is 81.0 cm³/mol. The van der Waals surface area contributed by atoms with E-state index in [0.29, 0.717) is 12.8 Å². The van der Waals surface area contributed by atoms with E-state index in [-0.39, 0.29) is 0 Å². The van der Waals surface area contributed by atoms with Gasteiger partial charge in [0.25, 0.3) is 0 Å². The Labute approximate surface area is 124 Å². The molecule has 1 saturated carbocycles. The summed E-state index contributed by atoms with van der Waals surface area (Å²) in [5.74, 6) is 0.126. The number of imidazole rings is 1. The third-order valence-electron chi connectivity index (χ3n) is 4.62. The van der Waals surface area contributed by atoms with Crippen LogP contribution in [0.2, 0.25) is 0 Å². The van der Waals surface area contributed by atoms with Gasteiger partial charge in [0.05, 0.1) is 5.41 Å². The Morgan fingerprint density at radius 3 is 2.57 bits per heavy atom. The van der Waals surface area contributed by atoms with Gasteiger partial charge in [-0.15, -0.1) is 0 Å². The topological polar surface area (TPSA) is 55.1 Å². The summed E-state index contributed by atoms with van der Waals surface area (Å²) >= 11 is 0. The van der Waals surface area contributed by atoms with E-state index in [1.54, 1.807) is 6.20 Å². The van der Waals surface area contributed by atoms with Crippen LogP contribution in [0.15, 0.2) is 36.7 Å². The van der Waals surface area contributed by atoms with E-state index in [0.717, 1.165) is 36.2 Å². The number of carboxylic acid groups (broad SMARTS) is 1. The highest BCUT2D eigenvalue weighted by molar-refractivity contribution is 5.85. The van der Waals surface area contributed by atoms with E-state index >= 15 is 0 Å². The maximum Gasteiger partial charge on any atom is 0.314 e. The van der Waals surface area contributed by atoms with Gasteiger partial charge < -0.3 is 9.67 Å². The van der Waals surface area contributed by atoms with E-state index in [4.69, 9.17) is 0 Å². The largest absolute Gasteiger partial charge is 0.481 e. The van der Waals surface area contributed by atoms with Gasteiger partial charge in [0.1, 0.15) is 5.82 Å². The van der Waals surface area contributed by atoms with Gasteiger partial charge >= 0.3 is 5.97 Å². The molecule has 1 aliphatic rings. The predicted octanol–water partition coefficient (Wildman–Crippen LogP) is 3.37. The smallest absolute Gasteiger partial charge is 0.314 e. The molecule has 1 N–H and O–H groups in total. The highest BCUT2D eigenvalue weighted by Gasteiger charge is 2.43. The monoisotopic (exact) mass is 284 g/mol. The Bertz CT molecular complexity index is 654. The molecule has 4 nitrogen and oxygen atoms in total. The summed E-state index contributed by atoms with van der Waals surface area (Å²) < 4.78 is 1.94. The fourth-order valence-corrected chi connectivity index (χ4v) is 3.47. The van der Waals surface area contributed by atoms with E-state index in [2.05, 4.69) is 4.98 Å². The molecule has 0 aliphatic heterocycles. The average Bonchev–Trinajstić information content (AvgIpc) is 2.94. The zero-order valence-corrected chi connectivity index (χ0v) is 12.2. The number of aliphatic carboxylic acids is 1. The summed E-state index contributed by atoms with van der Waals surface area (Å²) in [5, 5.41) is 9.91. The Kier molecular flexibility index (Phi) is 3.53. The van der Waals surface area contributed by atoms with Gasteiger partial charge in [0.2, 0.25) is 0 Å². The summed E-state index contributed by atoms with van der Waals surface area (Å²) in [5.41, 5.74) is 1.08. The Morgan fingerprint density at radius 1 is 1.24 bits per heavy atom. The van der Waals surface area contributed by atoms with Gasteiger partial charge in [-0.2, -0.15) is 0 Å². The van der Waals surface area contributed by atoms with Crippen LogP contribution in [0.3, 0.4) is 0 Å². The van der Waals surface area contributed by atoms with Gasteiger partial charge in [-0.25, -0.2) is 4.98 Å². The van der Waals surface area contributed by atoms with Crippen molar-refractivity contribution in [3.8, 4) is 11.4 Å². The number of hydrogen-bond donors (Lipinski definition) is 1. The molecule has 1 aromatic heterocycles. The van der Waals surface area contributed by atoms with Crippen LogP contribution in [0, 0.1) is 0 Å². The second-order valence-electron chi connectivity index (χ2n) is 5.86. The van der Waals surface area contributed by atoms with Crippen molar-refractivity contribution in [1.82, 2.24) is 9.55 Å². The summed E-state index contributed by atoms with van der Waals surface area (Å²) in [6.07, 6.45) is 8.14. The molecule has 4 heteroatoms. The van der Waals surface area contributed by atoms with E-state index in [1.807, 2.05) is 42.1 Å². The number of rotatable bonds is 3. The summed E-state index contributed by atoms with van der Waals surface area (Å²) in [7, 11) is 1.94. The molecule has 0 radical (unpaired) electrons. The van der Waals surface area contributed by atoms with Crippen molar-refractivity contribution in [1.29, 1.82) is 0 Å². The quantitative estimate of drug-likeness (QED) is 0.940. The van der Waals surface area contributed by atoms with Gasteiger partial charge in [0, 0.05) is 25.0 Å². The maximum atomic E-state index is 12.1. The Balaban J connectivity index is 2.18. The molecule has 0 unspecified atom stereocenters. The van der Waals surface area contributed by atoms with Crippen molar-refractivity contribution in [2.24, 2.45) is 7.05 Å². The minimum absolute atomic E-state index is 0.705. The fourth-order valence-electron chi connectivity index (χ4n) is 3.47. The number of nitrogens with zero attached hydrogens (tertiary/aromatic N) is 2. The number of benzene rings is 1. The van der Waals surface area contributed by atoms with Crippen molar-refractivity contribution >= 4 is 5.97 Å². The first-order valence-corrected chi connectivity index (χ1v) is 7.46. The highest BCUT2D eigenvalue weighted by atomic mass is 16.4. The van der Waals surface area contributed by atoms with Crippen molar-refractivity contribution < 1.29 is 9.90 Å². The second kappa shape index (κ2) is 5.35. The Morgan fingerprint density at radius 2 is 1.95 bits per heavy atom. The SMILES string of the molecule is Cn1ccnc1-c1ccccc1C1(C(=O)O)CCCCC1. The zero-order valence-electron chi connectivity index (χ0n) is 12.2. The molecule has 1 aliphatic carbocycles. The van der Waals surface area contributed by atoms with Gasteiger partial charge in [0.15, 0.2) is 0 Å². The van der Waals surface area contributed by atoms with Crippen molar-refractivity contribution in [2.45, 2.75) is 37.5 Å². The van der Waals surface area contributed by atoms with Gasteiger partial charge in [-0.05, 0) is 18.4 Å². The van der Waals surface area contributed by atoms with Crippen LogP contribution >= 0.6 is 0 Å². The number of hydrogen-bond acceptors (Lipinski definition) is 2. The van der Waals surface area contributed by atoms with Gasteiger partial charge in [-0.3, -0.25) is 4.79 Å². The zero-order chi connectivity index (χ0) is 14.9. The van der Waals surface area contributed by atoms with Crippen LogP contribution < -0.4 is 0 Å². The summed E-state index contributed by atoms with van der Waals surface area (Å²) in [6.45, 7) is 0. The Hall–Kier alpha value is -2.10. The van der Waals surface area contributed by atoms with E-state index in [1.165, 1.54) is 0 Å². The molecule has 3 rings (SSSR count). The van der Waals surface area contributed by atoms with Crippen LogP contribution in [-0.4, -0.2) is 20.6 Å². The molecule has 0 saturated heterocycles. The van der Waals surface area contributed by atoms with Crippen LogP contribution in [-0.2, 0) is 17.3 Å². The maximum absolute atomic E-state index is 12.1. The highest BCUT2D eigenvalue weighted by Crippen LogP contribution is 2.43. The standard InChI is InChI=1S/C17H20N2O2/c1-19-12-11-18-15(19)13-7-3-4-8-14(13)17(16(20)21)9-5-2-6-10-17/h3-4,7-8,11-12H,2,5-6,9-10H2,1H3,(H,20,21). The average molecular weight is 284 g/mol. The number of carbonyl (C=O) groups is 1. The molecule has 110 valence electrons. The molecule has 0 amide bonds. The van der Waals surface area contributed by atoms with E-state index < -0.39 is 11.4 Å². The van der Waals surface area contributed by atoms with E-state index in [9.17, 15) is 9.90 Å². The molecule has 0 atom stereocenters. The summed E-state index contributed by atoms with van der Waals surface area (Å²) in [6, 6.07) is 7.83. The number of aryl methyl sites for hydroxylation is 1. The molecule has 0 spiro atoms. The summed E-state index contributed by atoms with van der Waals surface area (Å²) in [4.78, 5) is 16.5. The number of aromatic nitrogens is 2. The molecular weight excluding hydrogens is 264 g/mol. The van der Waals surface area contributed by atoms with Crippen LogP contribution in [0.25, 0.3) is 11.4 Å². The van der Waals surface area contributed by atoms with Crippen LogP contribution in [0.4, 0.5) is 0 Å². The lowest BCUT2D eigenvalue weighted by Crippen LogP contribution is -2.38. The first-order chi connectivity index (χ1) is 10.1. The normalized spacial score (nSPS) is 17.6. The molecule has 0 bridgehead atoms. The molecule has 1 heterocycles. The molecule has 21 heavy (non-hydrogen) atoms. The van der Waals surface area contributed by atoms with Crippen molar-refractivity contribution in [2.75, 3.05) is 0 Å². The first kappa shape index (κ1) is 13.9. The van der Waals surface area contributed by atoms with Gasteiger partial charge in [-0.1, -0.05) is 43.5 Å². The lowest BCUT2D eigenvalue weighted by molar-refractivity contribution is -0.145. The lowest BCUT2D eigenvalue weighted by atomic mass is 9.68. The molecular formula is C17H20N2O2. The third-order valence-corrected chi connectivity index (χ3v) is 4.62. The molecule has 2 aromatic rings. The van der Waals surface area contributed by atoms with Crippen LogP contribution in [0.1, 0.15) is 37.7 Å². The molecule has 1 aromatic carbocycles. The number of carboxylic acids is 1. The molecule has 1 fully saturated rings.